The van der Waals surface area contributed by atoms with Crippen LogP contribution in [0.5, 0.6) is 0 Å². The molecule has 2 rings (SSSR count). The van der Waals surface area contributed by atoms with Crippen LogP contribution in [0.3, 0.4) is 0 Å². The first-order valence-corrected chi connectivity index (χ1v) is 7.07. The van der Waals surface area contributed by atoms with Crippen molar-refractivity contribution in [3.63, 3.8) is 0 Å². The van der Waals surface area contributed by atoms with Crippen molar-refractivity contribution in [1.82, 2.24) is 0 Å². The van der Waals surface area contributed by atoms with Crippen LogP contribution in [-0.4, -0.2) is 10.8 Å². The number of nitro groups is 1. The summed E-state index contributed by atoms with van der Waals surface area (Å²) < 4.78 is 0.698. The standard InChI is InChI=1S/C14H10BrClN2O3/c1-8-3-2-4-10(13(8)18(20)21)14(19)17-9-5-6-11(15)12(16)7-9/h2-7H,1H3,(H,17,19). The van der Waals surface area contributed by atoms with Crippen molar-refractivity contribution < 1.29 is 9.72 Å². The molecule has 0 fully saturated rings. The van der Waals surface area contributed by atoms with Gasteiger partial charge < -0.3 is 5.32 Å². The van der Waals surface area contributed by atoms with E-state index in [1.54, 1.807) is 37.3 Å². The molecule has 0 saturated carbocycles. The van der Waals surface area contributed by atoms with Gasteiger partial charge in [-0.15, -0.1) is 0 Å². The number of amides is 1. The Morgan fingerprint density at radius 3 is 2.67 bits per heavy atom. The Morgan fingerprint density at radius 1 is 1.33 bits per heavy atom. The van der Waals surface area contributed by atoms with Gasteiger partial charge in [0.25, 0.3) is 11.6 Å². The lowest BCUT2D eigenvalue weighted by atomic mass is 10.1. The van der Waals surface area contributed by atoms with Crippen LogP contribution in [-0.2, 0) is 0 Å². The Morgan fingerprint density at radius 2 is 2.05 bits per heavy atom. The van der Waals surface area contributed by atoms with Gasteiger partial charge in [-0.2, -0.15) is 0 Å². The van der Waals surface area contributed by atoms with E-state index in [1.807, 2.05) is 0 Å². The number of carbonyl (C=O) groups is 1. The lowest BCUT2D eigenvalue weighted by molar-refractivity contribution is -0.385. The Kier molecular flexibility index (Phi) is 4.59. The molecule has 21 heavy (non-hydrogen) atoms. The minimum atomic E-state index is -0.557. The van der Waals surface area contributed by atoms with Gasteiger partial charge in [0, 0.05) is 15.7 Å². The molecule has 0 heterocycles. The number of hydrogen-bond donors (Lipinski definition) is 1. The van der Waals surface area contributed by atoms with Crippen LogP contribution in [0.1, 0.15) is 15.9 Å². The molecule has 5 nitrogen and oxygen atoms in total. The van der Waals surface area contributed by atoms with Crippen LogP contribution in [0.2, 0.25) is 5.02 Å². The molecule has 0 unspecified atom stereocenters. The molecule has 0 bridgehead atoms. The smallest absolute Gasteiger partial charge is 0.285 e. The molecule has 0 aliphatic rings. The van der Waals surface area contributed by atoms with Crippen LogP contribution < -0.4 is 5.32 Å². The molecule has 0 aliphatic carbocycles. The lowest BCUT2D eigenvalue weighted by Crippen LogP contribution is -2.14. The van der Waals surface area contributed by atoms with Crippen molar-refractivity contribution >= 4 is 44.8 Å². The Bertz CT molecular complexity index is 734. The number of nitrogens with one attached hydrogen (secondary N) is 1. The lowest BCUT2D eigenvalue weighted by Gasteiger charge is -2.08. The van der Waals surface area contributed by atoms with E-state index in [-0.39, 0.29) is 11.3 Å². The van der Waals surface area contributed by atoms with Gasteiger partial charge >= 0.3 is 0 Å². The maximum Gasteiger partial charge on any atom is 0.285 e. The van der Waals surface area contributed by atoms with Gasteiger partial charge in [-0.1, -0.05) is 23.7 Å². The zero-order chi connectivity index (χ0) is 15.6. The minimum absolute atomic E-state index is 0.0130. The van der Waals surface area contributed by atoms with Crippen molar-refractivity contribution in [2.45, 2.75) is 6.92 Å². The summed E-state index contributed by atoms with van der Waals surface area (Å²) >= 11 is 9.19. The summed E-state index contributed by atoms with van der Waals surface area (Å²) in [5.41, 5.74) is 0.711. The molecule has 0 aromatic heterocycles. The molecule has 1 N–H and O–H groups in total. The van der Waals surface area contributed by atoms with E-state index < -0.39 is 10.8 Å². The first-order chi connectivity index (χ1) is 9.90. The van der Waals surface area contributed by atoms with Crippen molar-refractivity contribution in [1.29, 1.82) is 0 Å². The second kappa shape index (κ2) is 6.24. The number of carbonyl (C=O) groups excluding carboxylic acids is 1. The van der Waals surface area contributed by atoms with Crippen LogP contribution in [0.4, 0.5) is 11.4 Å². The van der Waals surface area contributed by atoms with Crippen LogP contribution in [0, 0.1) is 17.0 Å². The Balaban J connectivity index is 2.35. The number of hydrogen-bond acceptors (Lipinski definition) is 3. The zero-order valence-electron chi connectivity index (χ0n) is 10.9. The fraction of sp³-hybridized carbons (Fsp3) is 0.0714. The molecule has 0 atom stereocenters. The van der Waals surface area contributed by atoms with Crippen molar-refractivity contribution in [2.75, 3.05) is 5.32 Å². The maximum atomic E-state index is 12.2. The van der Waals surface area contributed by atoms with Gasteiger partial charge in [0.1, 0.15) is 5.56 Å². The second-order valence-corrected chi connectivity index (χ2v) is 5.57. The quantitative estimate of drug-likeness (QED) is 0.636. The minimum Gasteiger partial charge on any atom is -0.322 e. The molecule has 0 aliphatic heterocycles. The van der Waals surface area contributed by atoms with Gasteiger partial charge in [0.05, 0.1) is 9.95 Å². The average molecular weight is 370 g/mol. The molecular weight excluding hydrogens is 360 g/mol. The van der Waals surface area contributed by atoms with Gasteiger partial charge in [-0.25, -0.2) is 0 Å². The first-order valence-electron chi connectivity index (χ1n) is 5.90. The summed E-state index contributed by atoms with van der Waals surface area (Å²) in [7, 11) is 0. The fourth-order valence-corrected chi connectivity index (χ4v) is 2.28. The van der Waals surface area contributed by atoms with Gasteiger partial charge in [-0.3, -0.25) is 14.9 Å². The summed E-state index contributed by atoms with van der Waals surface area (Å²) in [6.45, 7) is 1.59. The topological polar surface area (TPSA) is 72.2 Å². The number of anilines is 1. The molecule has 7 heteroatoms. The molecule has 0 spiro atoms. The van der Waals surface area contributed by atoms with E-state index in [0.717, 1.165) is 0 Å². The monoisotopic (exact) mass is 368 g/mol. The summed E-state index contributed by atoms with van der Waals surface area (Å²) in [6.07, 6.45) is 0. The van der Waals surface area contributed by atoms with Gasteiger partial charge in [-0.05, 0) is 47.1 Å². The molecule has 0 radical (unpaired) electrons. The van der Waals surface area contributed by atoms with Crippen molar-refractivity contribution in [3.8, 4) is 0 Å². The highest BCUT2D eigenvalue weighted by molar-refractivity contribution is 9.10. The van der Waals surface area contributed by atoms with Crippen LogP contribution in [0.15, 0.2) is 40.9 Å². The largest absolute Gasteiger partial charge is 0.322 e. The van der Waals surface area contributed by atoms with E-state index >= 15 is 0 Å². The Labute approximate surface area is 134 Å². The third kappa shape index (κ3) is 3.40. The van der Waals surface area contributed by atoms with E-state index in [0.29, 0.717) is 20.7 Å². The number of halogens is 2. The van der Waals surface area contributed by atoms with E-state index in [1.165, 1.54) is 6.07 Å². The molecule has 2 aromatic carbocycles. The third-order valence-corrected chi connectivity index (χ3v) is 4.07. The highest BCUT2D eigenvalue weighted by Gasteiger charge is 2.22. The summed E-state index contributed by atoms with van der Waals surface area (Å²) in [5.74, 6) is -0.552. The number of nitrogens with zero attached hydrogens (tertiary/aromatic N) is 1. The fourth-order valence-electron chi connectivity index (χ4n) is 1.86. The first kappa shape index (κ1) is 15.5. The molecule has 2 aromatic rings. The second-order valence-electron chi connectivity index (χ2n) is 4.31. The van der Waals surface area contributed by atoms with E-state index in [2.05, 4.69) is 21.2 Å². The van der Waals surface area contributed by atoms with Gasteiger partial charge in [0.15, 0.2) is 0 Å². The van der Waals surface area contributed by atoms with E-state index in [9.17, 15) is 14.9 Å². The highest BCUT2D eigenvalue weighted by Crippen LogP contribution is 2.27. The van der Waals surface area contributed by atoms with Crippen LogP contribution in [0.25, 0.3) is 0 Å². The van der Waals surface area contributed by atoms with Crippen LogP contribution >= 0.6 is 27.5 Å². The molecule has 0 saturated heterocycles. The van der Waals surface area contributed by atoms with Gasteiger partial charge in [0.2, 0.25) is 0 Å². The number of rotatable bonds is 3. The number of nitro benzene ring substituents is 1. The normalized spacial score (nSPS) is 10.2. The molecule has 1 amide bonds. The number of benzene rings is 2. The SMILES string of the molecule is Cc1cccc(C(=O)Nc2ccc(Br)c(Cl)c2)c1[N+](=O)[O-]. The summed E-state index contributed by atoms with van der Waals surface area (Å²) in [5, 5.41) is 14.1. The number of aryl methyl sites for hydroxylation is 1. The number of para-hydroxylation sites is 1. The van der Waals surface area contributed by atoms with Crippen molar-refractivity contribution in [3.05, 3.63) is 67.1 Å². The summed E-state index contributed by atoms with van der Waals surface area (Å²) in [4.78, 5) is 22.8. The molecular formula is C14H10BrClN2O3. The Hall–Kier alpha value is -1.92. The highest BCUT2D eigenvalue weighted by atomic mass is 79.9. The predicted molar refractivity (Wildman–Crippen MR) is 84.9 cm³/mol. The zero-order valence-corrected chi connectivity index (χ0v) is 13.2. The average Bonchev–Trinajstić information content (AvgIpc) is 2.42. The summed E-state index contributed by atoms with van der Waals surface area (Å²) in [6, 6.07) is 9.50. The third-order valence-electron chi connectivity index (χ3n) is 2.84. The molecule has 108 valence electrons. The predicted octanol–water partition coefficient (Wildman–Crippen LogP) is 4.57. The van der Waals surface area contributed by atoms with Crippen molar-refractivity contribution in [2.24, 2.45) is 0 Å². The van der Waals surface area contributed by atoms with E-state index in [4.69, 9.17) is 11.6 Å². The maximum absolute atomic E-state index is 12.2.